The summed E-state index contributed by atoms with van der Waals surface area (Å²) in [4.78, 5) is 0. The molecule has 1 unspecified atom stereocenters. The van der Waals surface area contributed by atoms with Crippen molar-refractivity contribution < 1.29 is 13.2 Å². The highest BCUT2D eigenvalue weighted by atomic mass is 19.2. The molecule has 0 aliphatic carbocycles. The van der Waals surface area contributed by atoms with E-state index in [0.717, 1.165) is 11.6 Å². The molecule has 0 bridgehead atoms. The molecule has 2 rings (SSSR count). The molecule has 0 amide bonds. The Bertz CT molecular complexity index is 620. The summed E-state index contributed by atoms with van der Waals surface area (Å²) in [5.74, 6) is -2.05. The van der Waals surface area contributed by atoms with Crippen LogP contribution in [0.1, 0.15) is 25.0 Å². The summed E-state index contributed by atoms with van der Waals surface area (Å²) >= 11 is 0. The minimum absolute atomic E-state index is 0.202. The second kappa shape index (κ2) is 5.90. The van der Waals surface area contributed by atoms with Crippen LogP contribution in [-0.2, 0) is 11.8 Å². The quantitative estimate of drug-likeness (QED) is 0.907. The van der Waals surface area contributed by atoms with E-state index in [1.54, 1.807) is 12.1 Å². The van der Waals surface area contributed by atoms with Crippen LogP contribution < -0.4 is 5.73 Å². The molecule has 0 saturated heterocycles. The average Bonchev–Trinajstić information content (AvgIpc) is 2.44. The van der Waals surface area contributed by atoms with Gasteiger partial charge < -0.3 is 5.73 Å². The Morgan fingerprint density at radius 3 is 2.24 bits per heavy atom. The molecule has 2 N–H and O–H groups in total. The van der Waals surface area contributed by atoms with Gasteiger partial charge in [0.2, 0.25) is 0 Å². The summed E-state index contributed by atoms with van der Waals surface area (Å²) < 4.78 is 40.0. The van der Waals surface area contributed by atoms with Crippen molar-refractivity contribution in [3.63, 3.8) is 0 Å². The highest BCUT2D eigenvalue weighted by molar-refractivity contribution is 5.28. The molecule has 0 aliphatic rings. The van der Waals surface area contributed by atoms with Gasteiger partial charge in [0.15, 0.2) is 11.6 Å². The lowest BCUT2D eigenvalue weighted by Gasteiger charge is -2.32. The van der Waals surface area contributed by atoms with E-state index >= 15 is 0 Å². The average molecular weight is 293 g/mol. The summed E-state index contributed by atoms with van der Waals surface area (Å²) in [5.41, 5.74) is 6.80. The molecular weight excluding hydrogens is 275 g/mol. The molecule has 0 aromatic heterocycles. The van der Waals surface area contributed by atoms with E-state index in [1.165, 1.54) is 24.3 Å². The second-order valence-corrected chi connectivity index (χ2v) is 5.75. The lowest BCUT2D eigenvalue weighted by atomic mass is 9.76. The Balaban J connectivity index is 2.24. The first-order valence-corrected chi connectivity index (χ1v) is 6.77. The fourth-order valence-electron chi connectivity index (χ4n) is 2.29. The highest BCUT2D eigenvalue weighted by Gasteiger charge is 2.29. The molecule has 1 atom stereocenters. The van der Waals surface area contributed by atoms with E-state index in [0.29, 0.717) is 0 Å². The minimum atomic E-state index is -0.876. The zero-order chi connectivity index (χ0) is 15.6. The number of benzene rings is 2. The molecule has 0 aliphatic heterocycles. The van der Waals surface area contributed by atoms with Crippen LogP contribution in [0.5, 0.6) is 0 Å². The smallest absolute Gasteiger partial charge is 0.162 e. The van der Waals surface area contributed by atoms with Crippen molar-refractivity contribution in [3.05, 3.63) is 71.0 Å². The highest BCUT2D eigenvalue weighted by Crippen LogP contribution is 2.28. The number of halogens is 3. The monoisotopic (exact) mass is 293 g/mol. The van der Waals surface area contributed by atoms with Crippen LogP contribution in [0.25, 0.3) is 0 Å². The number of rotatable bonds is 4. The topological polar surface area (TPSA) is 26.0 Å². The van der Waals surface area contributed by atoms with Crippen LogP contribution >= 0.6 is 0 Å². The maximum Gasteiger partial charge on any atom is 0.162 e. The predicted octanol–water partition coefficient (Wildman–Crippen LogP) is 3.95. The first-order valence-electron chi connectivity index (χ1n) is 6.77. The Morgan fingerprint density at radius 1 is 1.00 bits per heavy atom. The molecular formula is C17H18F3N. The van der Waals surface area contributed by atoms with E-state index in [9.17, 15) is 13.2 Å². The van der Waals surface area contributed by atoms with E-state index in [1.807, 2.05) is 13.8 Å². The van der Waals surface area contributed by atoms with Gasteiger partial charge in [-0.25, -0.2) is 13.2 Å². The lowest BCUT2D eigenvalue weighted by Crippen LogP contribution is -2.42. The molecule has 1 nitrogen and oxygen atoms in total. The van der Waals surface area contributed by atoms with E-state index in [2.05, 4.69) is 0 Å². The van der Waals surface area contributed by atoms with Crippen molar-refractivity contribution in [1.29, 1.82) is 0 Å². The van der Waals surface area contributed by atoms with Gasteiger partial charge in [-0.3, -0.25) is 0 Å². The number of hydrogen-bond donors (Lipinski definition) is 1. The van der Waals surface area contributed by atoms with Crippen LogP contribution in [0, 0.1) is 17.5 Å². The third-order valence-electron chi connectivity index (χ3n) is 3.99. The number of nitrogens with two attached hydrogens (primary N) is 1. The molecule has 0 spiro atoms. The second-order valence-electron chi connectivity index (χ2n) is 5.75. The molecule has 2 aromatic rings. The fraction of sp³-hybridized carbons (Fsp3) is 0.294. The third-order valence-corrected chi connectivity index (χ3v) is 3.99. The Morgan fingerprint density at radius 2 is 1.62 bits per heavy atom. The number of hydrogen-bond acceptors (Lipinski definition) is 1. The van der Waals surface area contributed by atoms with Gasteiger partial charge in [-0.2, -0.15) is 0 Å². The molecule has 0 saturated carbocycles. The molecule has 0 heterocycles. The van der Waals surface area contributed by atoms with E-state index < -0.39 is 23.1 Å². The van der Waals surface area contributed by atoms with Gasteiger partial charge in [0, 0.05) is 11.5 Å². The van der Waals surface area contributed by atoms with Crippen molar-refractivity contribution >= 4 is 0 Å². The molecule has 112 valence electrons. The summed E-state index contributed by atoms with van der Waals surface area (Å²) in [7, 11) is 0. The zero-order valence-electron chi connectivity index (χ0n) is 12.0. The van der Waals surface area contributed by atoms with Crippen molar-refractivity contribution in [1.82, 2.24) is 0 Å². The van der Waals surface area contributed by atoms with Gasteiger partial charge in [-0.15, -0.1) is 0 Å². The van der Waals surface area contributed by atoms with Gasteiger partial charge in [-0.1, -0.05) is 38.1 Å². The maximum atomic E-state index is 13.7. The maximum absolute atomic E-state index is 13.7. The Kier molecular flexibility index (Phi) is 4.37. The first kappa shape index (κ1) is 15.6. The molecule has 0 radical (unpaired) electrons. The zero-order valence-corrected chi connectivity index (χ0v) is 12.0. The summed E-state index contributed by atoms with van der Waals surface area (Å²) in [5, 5.41) is 0. The van der Waals surface area contributed by atoms with Gasteiger partial charge in [0.25, 0.3) is 0 Å². The lowest BCUT2D eigenvalue weighted by molar-refractivity contribution is 0.397. The van der Waals surface area contributed by atoms with Crippen LogP contribution in [0.3, 0.4) is 0 Å². The van der Waals surface area contributed by atoms with Gasteiger partial charge in [-0.05, 0) is 35.7 Å². The van der Waals surface area contributed by atoms with Crippen molar-refractivity contribution in [2.45, 2.75) is 31.7 Å². The summed E-state index contributed by atoms with van der Waals surface area (Å²) in [6, 6.07) is 9.70. The van der Waals surface area contributed by atoms with Gasteiger partial charge in [0.1, 0.15) is 5.82 Å². The minimum Gasteiger partial charge on any atom is -0.327 e. The summed E-state index contributed by atoms with van der Waals surface area (Å²) in [6.07, 6.45) is 0.202. The van der Waals surface area contributed by atoms with Crippen LogP contribution in [0.4, 0.5) is 13.2 Å². The normalized spacial score (nSPS) is 13.2. The Hall–Kier alpha value is -1.81. The SMILES string of the molecule is CC(C)(c1ccc(F)cc1)C(N)Cc1cccc(F)c1F. The molecule has 0 fully saturated rings. The van der Waals surface area contributed by atoms with E-state index in [4.69, 9.17) is 5.73 Å². The summed E-state index contributed by atoms with van der Waals surface area (Å²) in [6.45, 7) is 3.81. The predicted molar refractivity (Wildman–Crippen MR) is 77.5 cm³/mol. The standard InChI is InChI=1S/C17H18F3N/c1-17(2,12-6-8-13(18)9-7-12)15(21)10-11-4-3-5-14(19)16(11)20/h3-9,15H,10,21H2,1-2H3. The van der Waals surface area contributed by atoms with Crippen molar-refractivity contribution in [3.8, 4) is 0 Å². The van der Waals surface area contributed by atoms with Crippen molar-refractivity contribution in [2.24, 2.45) is 5.73 Å². The van der Waals surface area contributed by atoms with Crippen LogP contribution in [0.2, 0.25) is 0 Å². The van der Waals surface area contributed by atoms with Crippen LogP contribution in [0.15, 0.2) is 42.5 Å². The van der Waals surface area contributed by atoms with Crippen molar-refractivity contribution in [2.75, 3.05) is 0 Å². The van der Waals surface area contributed by atoms with E-state index in [-0.39, 0.29) is 17.8 Å². The molecule has 2 aromatic carbocycles. The largest absolute Gasteiger partial charge is 0.327 e. The fourth-order valence-corrected chi connectivity index (χ4v) is 2.29. The molecule has 4 heteroatoms. The van der Waals surface area contributed by atoms with Crippen LogP contribution in [-0.4, -0.2) is 6.04 Å². The third kappa shape index (κ3) is 3.27. The van der Waals surface area contributed by atoms with Gasteiger partial charge in [0.05, 0.1) is 0 Å². The molecule has 21 heavy (non-hydrogen) atoms. The van der Waals surface area contributed by atoms with Gasteiger partial charge >= 0.3 is 0 Å². The first-order chi connectivity index (χ1) is 9.82. The Labute approximate surface area is 122 Å².